The van der Waals surface area contributed by atoms with E-state index in [1.165, 1.54) is 6.07 Å². The van der Waals surface area contributed by atoms with E-state index in [-0.39, 0.29) is 23.9 Å². The van der Waals surface area contributed by atoms with E-state index >= 15 is 0 Å². The van der Waals surface area contributed by atoms with Crippen LogP contribution in [0.3, 0.4) is 0 Å². The van der Waals surface area contributed by atoms with Crippen molar-refractivity contribution in [2.24, 2.45) is 11.7 Å². The third kappa shape index (κ3) is 3.49. The Bertz CT molecular complexity index is 465. The number of piperidine rings is 1. The fourth-order valence-electron chi connectivity index (χ4n) is 2.64. The molecule has 20 heavy (non-hydrogen) atoms. The summed E-state index contributed by atoms with van der Waals surface area (Å²) in [4.78, 5) is 14.0. The minimum absolute atomic E-state index is 0.0222. The highest BCUT2D eigenvalue weighted by Crippen LogP contribution is 2.23. The Morgan fingerprint density at radius 1 is 1.50 bits per heavy atom. The smallest absolute Gasteiger partial charge is 0.227 e. The van der Waals surface area contributed by atoms with Crippen LogP contribution in [0.2, 0.25) is 5.02 Å². The largest absolute Gasteiger partial charge is 0.342 e. The summed E-state index contributed by atoms with van der Waals surface area (Å²) >= 11 is 5.95. The minimum Gasteiger partial charge on any atom is -0.342 e. The summed E-state index contributed by atoms with van der Waals surface area (Å²) in [5.74, 6) is -0.0208. The Hall–Kier alpha value is -1.13. The molecule has 1 saturated heterocycles. The first-order chi connectivity index (χ1) is 9.49. The molecule has 0 spiro atoms. The van der Waals surface area contributed by atoms with Crippen molar-refractivity contribution in [1.82, 2.24) is 4.90 Å². The molecule has 2 rings (SSSR count). The molecule has 3 nitrogen and oxygen atoms in total. The summed E-state index contributed by atoms with van der Waals surface area (Å²) in [6.45, 7) is 3.38. The van der Waals surface area contributed by atoms with Gasteiger partial charge in [0.05, 0.1) is 6.42 Å². The van der Waals surface area contributed by atoms with Crippen molar-refractivity contribution >= 4 is 17.5 Å². The first-order valence-electron chi connectivity index (χ1n) is 6.95. The minimum atomic E-state index is -0.420. The standard InChI is InChI=1S/C15H20ClFN2O/c1-10(18)11-5-7-19(8-6-11)15(20)9-12-13(16)3-2-4-14(12)17/h2-4,10-11H,5-9,18H2,1H3. The highest BCUT2D eigenvalue weighted by Gasteiger charge is 2.25. The predicted molar refractivity (Wildman–Crippen MR) is 78.1 cm³/mol. The number of nitrogens with two attached hydrogens (primary N) is 1. The van der Waals surface area contributed by atoms with Gasteiger partial charge in [-0.15, -0.1) is 0 Å². The summed E-state index contributed by atoms with van der Waals surface area (Å²) in [6, 6.07) is 4.64. The van der Waals surface area contributed by atoms with Gasteiger partial charge in [0, 0.05) is 29.7 Å². The molecule has 0 saturated carbocycles. The molecule has 1 aromatic carbocycles. The first-order valence-corrected chi connectivity index (χ1v) is 7.33. The second-order valence-corrected chi connectivity index (χ2v) is 5.86. The van der Waals surface area contributed by atoms with Gasteiger partial charge in [0.1, 0.15) is 5.82 Å². The van der Waals surface area contributed by atoms with Gasteiger partial charge in [0.2, 0.25) is 5.91 Å². The molecular formula is C15H20ClFN2O. The topological polar surface area (TPSA) is 46.3 Å². The molecule has 1 aliphatic rings. The van der Waals surface area contributed by atoms with Gasteiger partial charge in [0.25, 0.3) is 0 Å². The number of nitrogens with zero attached hydrogens (tertiary/aromatic N) is 1. The van der Waals surface area contributed by atoms with Crippen molar-refractivity contribution in [2.45, 2.75) is 32.2 Å². The molecular weight excluding hydrogens is 279 g/mol. The van der Waals surface area contributed by atoms with Crippen LogP contribution in [0.4, 0.5) is 4.39 Å². The first kappa shape index (κ1) is 15.3. The number of benzene rings is 1. The molecule has 1 unspecified atom stereocenters. The molecule has 1 aliphatic heterocycles. The maximum atomic E-state index is 13.7. The Labute approximate surface area is 123 Å². The lowest BCUT2D eigenvalue weighted by atomic mass is 9.91. The van der Waals surface area contributed by atoms with E-state index in [0.29, 0.717) is 24.0 Å². The van der Waals surface area contributed by atoms with Crippen LogP contribution in [0, 0.1) is 11.7 Å². The van der Waals surface area contributed by atoms with Gasteiger partial charge in [-0.2, -0.15) is 0 Å². The summed E-state index contributed by atoms with van der Waals surface area (Å²) in [5, 5.41) is 0.309. The van der Waals surface area contributed by atoms with Gasteiger partial charge < -0.3 is 10.6 Å². The average Bonchev–Trinajstić information content (AvgIpc) is 2.43. The van der Waals surface area contributed by atoms with E-state index < -0.39 is 5.82 Å². The Morgan fingerprint density at radius 3 is 2.70 bits per heavy atom. The van der Waals surface area contributed by atoms with Crippen LogP contribution in [0.1, 0.15) is 25.3 Å². The fraction of sp³-hybridized carbons (Fsp3) is 0.533. The van der Waals surface area contributed by atoms with Gasteiger partial charge in [-0.25, -0.2) is 4.39 Å². The van der Waals surface area contributed by atoms with Crippen LogP contribution >= 0.6 is 11.6 Å². The van der Waals surface area contributed by atoms with Crippen LogP contribution in [0.15, 0.2) is 18.2 Å². The van der Waals surface area contributed by atoms with Gasteiger partial charge >= 0.3 is 0 Å². The van der Waals surface area contributed by atoms with Crippen LogP contribution in [0.25, 0.3) is 0 Å². The Morgan fingerprint density at radius 2 is 2.15 bits per heavy atom. The molecule has 110 valence electrons. The van der Waals surface area contributed by atoms with Gasteiger partial charge in [-0.3, -0.25) is 4.79 Å². The molecule has 2 N–H and O–H groups in total. The molecule has 1 heterocycles. The number of hydrogen-bond donors (Lipinski definition) is 1. The van der Waals surface area contributed by atoms with Crippen molar-refractivity contribution in [3.8, 4) is 0 Å². The maximum absolute atomic E-state index is 13.7. The van der Waals surface area contributed by atoms with Crippen LogP contribution in [0.5, 0.6) is 0 Å². The number of amides is 1. The number of rotatable bonds is 3. The van der Waals surface area contributed by atoms with E-state index in [1.807, 2.05) is 6.92 Å². The van der Waals surface area contributed by atoms with Crippen LogP contribution in [-0.2, 0) is 11.2 Å². The molecule has 0 aromatic heterocycles. The lowest BCUT2D eigenvalue weighted by molar-refractivity contribution is -0.132. The predicted octanol–water partition coefficient (Wildman–Crippen LogP) is 2.61. The highest BCUT2D eigenvalue weighted by atomic mass is 35.5. The summed E-state index contributed by atoms with van der Waals surface area (Å²) in [6.07, 6.45) is 1.84. The van der Waals surface area contributed by atoms with Crippen molar-refractivity contribution in [3.05, 3.63) is 34.6 Å². The van der Waals surface area contributed by atoms with Crippen molar-refractivity contribution in [2.75, 3.05) is 13.1 Å². The van der Waals surface area contributed by atoms with E-state index in [2.05, 4.69) is 0 Å². The zero-order valence-corrected chi connectivity index (χ0v) is 12.4. The number of carbonyl (C=O) groups excluding carboxylic acids is 1. The lowest BCUT2D eigenvalue weighted by Crippen LogP contribution is -2.43. The number of likely N-dealkylation sites (tertiary alicyclic amines) is 1. The molecule has 1 aromatic rings. The monoisotopic (exact) mass is 298 g/mol. The van der Waals surface area contributed by atoms with E-state index in [9.17, 15) is 9.18 Å². The van der Waals surface area contributed by atoms with Crippen LogP contribution < -0.4 is 5.73 Å². The second-order valence-electron chi connectivity index (χ2n) is 5.45. The van der Waals surface area contributed by atoms with Gasteiger partial charge in [0.15, 0.2) is 0 Å². The average molecular weight is 299 g/mol. The number of hydrogen-bond acceptors (Lipinski definition) is 2. The lowest BCUT2D eigenvalue weighted by Gasteiger charge is -2.33. The zero-order chi connectivity index (χ0) is 14.7. The molecule has 0 bridgehead atoms. The molecule has 0 radical (unpaired) electrons. The number of halogens is 2. The van der Waals surface area contributed by atoms with Crippen LogP contribution in [-0.4, -0.2) is 29.9 Å². The Kier molecular flexibility index (Phi) is 5.00. The van der Waals surface area contributed by atoms with E-state index in [1.54, 1.807) is 17.0 Å². The van der Waals surface area contributed by atoms with E-state index in [4.69, 9.17) is 17.3 Å². The quantitative estimate of drug-likeness (QED) is 0.932. The molecule has 1 atom stereocenters. The zero-order valence-electron chi connectivity index (χ0n) is 11.6. The van der Waals surface area contributed by atoms with Gasteiger partial charge in [-0.05, 0) is 37.8 Å². The maximum Gasteiger partial charge on any atom is 0.227 e. The fourth-order valence-corrected chi connectivity index (χ4v) is 2.87. The third-order valence-electron chi connectivity index (χ3n) is 4.03. The molecule has 1 fully saturated rings. The Balaban J connectivity index is 1.96. The van der Waals surface area contributed by atoms with Crippen molar-refractivity contribution in [1.29, 1.82) is 0 Å². The SMILES string of the molecule is CC(N)C1CCN(C(=O)Cc2c(F)cccc2Cl)CC1. The van der Waals surface area contributed by atoms with Crippen molar-refractivity contribution in [3.63, 3.8) is 0 Å². The summed E-state index contributed by atoms with van der Waals surface area (Å²) < 4.78 is 13.7. The van der Waals surface area contributed by atoms with E-state index in [0.717, 1.165) is 12.8 Å². The molecule has 0 aliphatic carbocycles. The third-order valence-corrected chi connectivity index (χ3v) is 4.38. The normalized spacial score (nSPS) is 18.1. The molecule has 1 amide bonds. The van der Waals surface area contributed by atoms with Crippen molar-refractivity contribution < 1.29 is 9.18 Å². The highest BCUT2D eigenvalue weighted by molar-refractivity contribution is 6.31. The summed E-state index contributed by atoms with van der Waals surface area (Å²) in [5.41, 5.74) is 6.17. The summed E-state index contributed by atoms with van der Waals surface area (Å²) in [7, 11) is 0. The number of carbonyl (C=O) groups is 1. The van der Waals surface area contributed by atoms with Gasteiger partial charge in [-0.1, -0.05) is 17.7 Å². The second kappa shape index (κ2) is 6.55. The molecule has 5 heteroatoms.